The van der Waals surface area contributed by atoms with E-state index in [4.69, 9.17) is 4.74 Å². The maximum atomic E-state index is 11.9. The van der Waals surface area contributed by atoms with E-state index in [2.05, 4.69) is 15.4 Å². The highest BCUT2D eigenvalue weighted by Gasteiger charge is 2.14. The monoisotopic (exact) mass is 274 g/mol. The minimum atomic E-state index is -0.353. The fraction of sp³-hybridized carbons (Fsp3) is 0.357. The van der Waals surface area contributed by atoms with Crippen molar-refractivity contribution in [3.63, 3.8) is 0 Å². The Labute approximate surface area is 117 Å². The SMILES string of the molecule is COc1ccc(CCNC(=O)C(C)n2cncn2)cc1. The molecule has 1 atom stereocenters. The minimum Gasteiger partial charge on any atom is -0.497 e. The lowest BCUT2D eigenvalue weighted by Gasteiger charge is -2.12. The van der Waals surface area contributed by atoms with Crippen LogP contribution in [0.2, 0.25) is 0 Å². The first-order valence-corrected chi connectivity index (χ1v) is 6.45. The Balaban J connectivity index is 1.78. The first kappa shape index (κ1) is 14.0. The molecule has 1 unspecified atom stereocenters. The Kier molecular flexibility index (Phi) is 4.70. The van der Waals surface area contributed by atoms with Crippen LogP contribution in [-0.2, 0) is 11.2 Å². The van der Waals surface area contributed by atoms with Crippen molar-refractivity contribution < 1.29 is 9.53 Å². The van der Waals surface area contributed by atoms with Crippen molar-refractivity contribution in [3.05, 3.63) is 42.5 Å². The molecule has 0 fully saturated rings. The normalized spacial score (nSPS) is 11.9. The highest BCUT2D eigenvalue weighted by Crippen LogP contribution is 2.11. The zero-order valence-corrected chi connectivity index (χ0v) is 11.6. The van der Waals surface area contributed by atoms with Gasteiger partial charge in [-0.25, -0.2) is 9.67 Å². The third-order valence-electron chi connectivity index (χ3n) is 3.08. The van der Waals surface area contributed by atoms with Crippen LogP contribution in [0.4, 0.5) is 0 Å². The number of nitrogens with zero attached hydrogens (tertiary/aromatic N) is 3. The largest absolute Gasteiger partial charge is 0.497 e. The first-order valence-electron chi connectivity index (χ1n) is 6.45. The van der Waals surface area contributed by atoms with Crippen molar-refractivity contribution in [2.45, 2.75) is 19.4 Å². The van der Waals surface area contributed by atoms with Gasteiger partial charge >= 0.3 is 0 Å². The van der Waals surface area contributed by atoms with Crippen LogP contribution in [0, 0.1) is 0 Å². The summed E-state index contributed by atoms with van der Waals surface area (Å²) < 4.78 is 6.63. The molecular formula is C14H18N4O2. The molecule has 2 aromatic rings. The van der Waals surface area contributed by atoms with Crippen molar-refractivity contribution in [2.24, 2.45) is 0 Å². The molecule has 0 radical (unpaired) electrons. The number of hydrogen-bond donors (Lipinski definition) is 1. The number of methoxy groups -OCH3 is 1. The number of amides is 1. The highest BCUT2D eigenvalue weighted by molar-refractivity contribution is 5.79. The van der Waals surface area contributed by atoms with Crippen molar-refractivity contribution in [3.8, 4) is 5.75 Å². The van der Waals surface area contributed by atoms with E-state index in [1.54, 1.807) is 14.0 Å². The van der Waals surface area contributed by atoms with Crippen LogP contribution < -0.4 is 10.1 Å². The standard InChI is InChI=1S/C14H18N4O2/c1-11(18-10-15-9-17-18)14(19)16-8-7-12-3-5-13(20-2)6-4-12/h3-6,9-11H,7-8H2,1-2H3,(H,16,19). The molecule has 0 spiro atoms. The molecule has 6 nitrogen and oxygen atoms in total. The zero-order valence-electron chi connectivity index (χ0n) is 11.6. The number of nitrogens with one attached hydrogen (secondary N) is 1. The molecule has 1 N–H and O–H groups in total. The molecule has 1 aromatic carbocycles. The van der Waals surface area contributed by atoms with E-state index in [-0.39, 0.29) is 11.9 Å². The highest BCUT2D eigenvalue weighted by atomic mass is 16.5. The van der Waals surface area contributed by atoms with Gasteiger partial charge in [-0.1, -0.05) is 12.1 Å². The zero-order chi connectivity index (χ0) is 14.4. The first-order chi connectivity index (χ1) is 9.70. The molecule has 0 aliphatic heterocycles. The molecule has 2 rings (SSSR count). The fourth-order valence-corrected chi connectivity index (χ4v) is 1.81. The molecular weight excluding hydrogens is 256 g/mol. The van der Waals surface area contributed by atoms with Gasteiger partial charge in [-0.2, -0.15) is 5.10 Å². The lowest BCUT2D eigenvalue weighted by atomic mass is 10.1. The Morgan fingerprint density at radius 1 is 1.40 bits per heavy atom. The summed E-state index contributed by atoms with van der Waals surface area (Å²) in [4.78, 5) is 15.7. The summed E-state index contributed by atoms with van der Waals surface area (Å²) in [5, 5.41) is 6.84. The van der Waals surface area contributed by atoms with Gasteiger partial charge in [-0.15, -0.1) is 0 Å². The van der Waals surface area contributed by atoms with Crippen LogP contribution in [-0.4, -0.2) is 34.3 Å². The number of hydrogen-bond acceptors (Lipinski definition) is 4. The summed E-state index contributed by atoms with van der Waals surface area (Å²) in [6.45, 7) is 2.38. The molecule has 106 valence electrons. The molecule has 0 aliphatic rings. The van der Waals surface area contributed by atoms with Gasteiger partial charge in [0.15, 0.2) is 0 Å². The van der Waals surface area contributed by atoms with E-state index < -0.39 is 0 Å². The van der Waals surface area contributed by atoms with E-state index in [0.29, 0.717) is 6.54 Å². The van der Waals surface area contributed by atoms with Crippen LogP contribution in [0.15, 0.2) is 36.9 Å². The second-order valence-electron chi connectivity index (χ2n) is 4.44. The smallest absolute Gasteiger partial charge is 0.244 e. The third-order valence-corrected chi connectivity index (χ3v) is 3.08. The Morgan fingerprint density at radius 3 is 2.75 bits per heavy atom. The van der Waals surface area contributed by atoms with E-state index >= 15 is 0 Å². The quantitative estimate of drug-likeness (QED) is 0.859. The Hall–Kier alpha value is -2.37. The maximum Gasteiger partial charge on any atom is 0.244 e. The predicted molar refractivity (Wildman–Crippen MR) is 74.4 cm³/mol. The molecule has 1 heterocycles. The second-order valence-corrected chi connectivity index (χ2v) is 4.44. The van der Waals surface area contributed by atoms with E-state index in [0.717, 1.165) is 17.7 Å². The summed E-state index contributed by atoms with van der Waals surface area (Å²) in [6.07, 6.45) is 3.73. The molecule has 0 bridgehead atoms. The lowest BCUT2D eigenvalue weighted by Crippen LogP contribution is -2.32. The van der Waals surface area contributed by atoms with Crippen LogP contribution >= 0.6 is 0 Å². The van der Waals surface area contributed by atoms with Gasteiger partial charge < -0.3 is 10.1 Å². The summed E-state index contributed by atoms with van der Waals surface area (Å²) in [5.41, 5.74) is 1.15. The summed E-state index contributed by atoms with van der Waals surface area (Å²) in [7, 11) is 1.64. The van der Waals surface area contributed by atoms with Crippen molar-refractivity contribution >= 4 is 5.91 Å². The van der Waals surface area contributed by atoms with Crippen LogP contribution in [0.1, 0.15) is 18.5 Å². The number of benzene rings is 1. The second kappa shape index (κ2) is 6.70. The van der Waals surface area contributed by atoms with Crippen LogP contribution in [0.25, 0.3) is 0 Å². The summed E-state index contributed by atoms with van der Waals surface area (Å²) >= 11 is 0. The molecule has 0 saturated heterocycles. The molecule has 1 amide bonds. The minimum absolute atomic E-state index is 0.0657. The number of carbonyl (C=O) groups excluding carboxylic acids is 1. The predicted octanol–water partition coefficient (Wildman–Crippen LogP) is 1.21. The van der Waals surface area contributed by atoms with Gasteiger partial charge in [-0.3, -0.25) is 4.79 Å². The summed E-state index contributed by atoms with van der Waals surface area (Å²) in [6, 6.07) is 7.45. The number of aromatic nitrogens is 3. The van der Waals surface area contributed by atoms with Gasteiger partial charge in [-0.05, 0) is 31.0 Å². The number of carbonyl (C=O) groups is 1. The average Bonchev–Trinajstić information content (AvgIpc) is 3.01. The number of rotatable bonds is 6. The van der Waals surface area contributed by atoms with Gasteiger partial charge in [0, 0.05) is 6.54 Å². The molecule has 1 aromatic heterocycles. The topological polar surface area (TPSA) is 69.0 Å². The van der Waals surface area contributed by atoms with Gasteiger partial charge in [0.25, 0.3) is 0 Å². The Morgan fingerprint density at radius 2 is 2.15 bits per heavy atom. The molecule has 20 heavy (non-hydrogen) atoms. The average molecular weight is 274 g/mol. The van der Waals surface area contributed by atoms with Gasteiger partial charge in [0.2, 0.25) is 5.91 Å². The van der Waals surface area contributed by atoms with Crippen molar-refractivity contribution in [1.82, 2.24) is 20.1 Å². The molecule has 0 saturated carbocycles. The Bertz CT molecular complexity index is 537. The molecule has 0 aliphatic carbocycles. The van der Waals surface area contributed by atoms with Crippen LogP contribution in [0.5, 0.6) is 5.75 Å². The van der Waals surface area contributed by atoms with E-state index in [9.17, 15) is 4.79 Å². The van der Waals surface area contributed by atoms with E-state index in [1.165, 1.54) is 17.3 Å². The van der Waals surface area contributed by atoms with E-state index in [1.807, 2.05) is 24.3 Å². The fourth-order valence-electron chi connectivity index (χ4n) is 1.81. The molecule has 6 heteroatoms. The maximum absolute atomic E-state index is 11.9. The lowest BCUT2D eigenvalue weighted by molar-refractivity contribution is -0.124. The van der Waals surface area contributed by atoms with Gasteiger partial charge in [0.1, 0.15) is 24.4 Å². The number of ether oxygens (including phenoxy) is 1. The summed E-state index contributed by atoms with van der Waals surface area (Å²) in [5.74, 6) is 0.765. The van der Waals surface area contributed by atoms with Crippen molar-refractivity contribution in [1.29, 1.82) is 0 Å². The van der Waals surface area contributed by atoms with Crippen molar-refractivity contribution in [2.75, 3.05) is 13.7 Å². The third kappa shape index (κ3) is 3.57. The van der Waals surface area contributed by atoms with Gasteiger partial charge in [0.05, 0.1) is 7.11 Å². The van der Waals surface area contributed by atoms with Crippen LogP contribution in [0.3, 0.4) is 0 Å².